The van der Waals surface area contributed by atoms with E-state index < -0.39 is 5.54 Å². The van der Waals surface area contributed by atoms with Gasteiger partial charge in [-0.2, -0.15) is 0 Å². The maximum absolute atomic E-state index is 12.1. The van der Waals surface area contributed by atoms with Crippen LogP contribution in [0.4, 0.5) is 0 Å². The Labute approximate surface area is 116 Å². The first-order valence-electron chi connectivity index (χ1n) is 5.80. The molecule has 2 N–H and O–H groups in total. The molecule has 0 fully saturated rings. The van der Waals surface area contributed by atoms with E-state index in [0.717, 1.165) is 0 Å². The highest BCUT2D eigenvalue weighted by Crippen LogP contribution is 2.35. The molecule has 19 heavy (non-hydrogen) atoms. The van der Waals surface area contributed by atoms with Gasteiger partial charge in [0.15, 0.2) is 0 Å². The molecule has 2 rings (SSSR count). The minimum Gasteiger partial charge on any atom is -0.508 e. The lowest BCUT2D eigenvalue weighted by Gasteiger charge is -2.22. The van der Waals surface area contributed by atoms with Crippen molar-refractivity contribution < 1.29 is 15.0 Å². The van der Waals surface area contributed by atoms with Gasteiger partial charge in [0.25, 0.3) is 5.91 Å². The van der Waals surface area contributed by atoms with Crippen LogP contribution in [-0.4, -0.2) is 51.5 Å². The molecular formula is C13H16N2O3S. The summed E-state index contributed by atoms with van der Waals surface area (Å²) in [7, 11) is 3.40. The first-order chi connectivity index (χ1) is 8.83. The fraction of sp³-hybridized carbons (Fsp3) is 0.385. The molecule has 0 unspecified atom stereocenters. The smallest absolute Gasteiger partial charge is 0.250 e. The average molecular weight is 280 g/mol. The number of likely N-dealkylation sites (N-methyl/N-ethyl adjacent to an activating group) is 1. The van der Waals surface area contributed by atoms with Gasteiger partial charge < -0.3 is 15.1 Å². The van der Waals surface area contributed by atoms with Crippen molar-refractivity contribution in [2.75, 3.05) is 19.8 Å². The van der Waals surface area contributed by atoms with Gasteiger partial charge in [0, 0.05) is 31.5 Å². The molecule has 1 aromatic rings. The minimum absolute atomic E-state index is 0.00280. The topological polar surface area (TPSA) is 73.1 Å². The number of carbonyl (C=O) groups excluding carboxylic acids is 1. The summed E-state index contributed by atoms with van der Waals surface area (Å²) >= 11 is 1.43. The van der Waals surface area contributed by atoms with Gasteiger partial charge in [-0.15, -0.1) is 11.8 Å². The summed E-state index contributed by atoms with van der Waals surface area (Å²) in [6.07, 6.45) is 0. The van der Waals surface area contributed by atoms with Gasteiger partial charge in [-0.25, -0.2) is 0 Å². The van der Waals surface area contributed by atoms with Crippen LogP contribution in [0.25, 0.3) is 0 Å². The number of thioether (sulfide) groups is 1. The van der Waals surface area contributed by atoms with Crippen molar-refractivity contribution in [3.63, 3.8) is 0 Å². The molecule has 0 saturated carbocycles. The van der Waals surface area contributed by atoms with Crippen molar-refractivity contribution >= 4 is 22.7 Å². The summed E-state index contributed by atoms with van der Waals surface area (Å²) in [4.78, 5) is 18.1. The Morgan fingerprint density at radius 3 is 2.68 bits per heavy atom. The fourth-order valence-electron chi connectivity index (χ4n) is 1.93. The number of rotatable bonds is 2. The highest BCUT2D eigenvalue weighted by atomic mass is 32.2. The van der Waals surface area contributed by atoms with E-state index in [1.165, 1.54) is 28.8 Å². The summed E-state index contributed by atoms with van der Waals surface area (Å²) < 4.78 is 0. The molecule has 0 bridgehead atoms. The molecule has 0 radical (unpaired) electrons. The molecule has 1 atom stereocenters. The van der Waals surface area contributed by atoms with Crippen LogP contribution in [0.2, 0.25) is 0 Å². The Balaban J connectivity index is 2.35. The number of aromatic hydroxyl groups is 2. The molecule has 1 aliphatic rings. The van der Waals surface area contributed by atoms with Crippen LogP contribution in [0.15, 0.2) is 23.2 Å². The van der Waals surface area contributed by atoms with E-state index in [-0.39, 0.29) is 17.4 Å². The molecule has 0 spiro atoms. The summed E-state index contributed by atoms with van der Waals surface area (Å²) in [5.74, 6) is 0.442. The average Bonchev–Trinajstić information content (AvgIpc) is 2.72. The summed E-state index contributed by atoms with van der Waals surface area (Å²) in [5, 5.41) is 19.7. The maximum Gasteiger partial charge on any atom is 0.250 e. The molecule has 1 aliphatic heterocycles. The fourth-order valence-corrected chi connectivity index (χ4v) is 3.13. The molecule has 0 saturated heterocycles. The Bertz CT molecular complexity index is 557. The normalized spacial score (nSPS) is 22.2. The predicted molar refractivity (Wildman–Crippen MR) is 75.9 cm³/mol. The second-order valence-electron chi connectivity index (χ2n) is 4.88. The zero-order chi connectivity index (χ0) is 14.2. The van der Waals surface area contributed by atoms with Gasteiger partial charge in [-0.3, -0.25) is 9.79 Å². The lowest BCUT2D eigenvalue weighted by atomic mass is 10.0. The first-order valence-corrected chi connectivity index (χ1v) is 6.79. The molecule has 0 aromatic heterocycles. The van der Waals surface area contributed by atoms with E-state index in [1.54, 1.807) is 27.1 Å². The number of nitrogens with zero attached hydrogens (tertiary/aromatic N) is 2. The summed E-state index contributed by atoms with van der Waals surface area (Å²) in [6.45, 7) is 1.78. The standard InChI is InChI=1S/C13H16N2O3S/c1-13(12(18)15(2)3)7-19-11(14-13)9-5-4-8(16)6-10(9)17/h4-6,16-17H,7H2,1-3H3/t13-/m1/s1. The second kappa shape index (κ2) is 4.77. The number of carbonyl (C=O) groups is 1. The van der Waals surface area contributed by atoms with E-state index in [0.29, 0.717) is 16.4 Å². The Hall–Kier alpha value is -1.69. The number of phenols is 2. The van der Waals surface area contributed by atoms with Crippen molar-refractivity contribution in [3.05, 3.63) is 23.8 Å². The molecule has 1 amide bonds. The Morgan fingerprint density at radius 1 is 1.42 bits per heavy atom. The second-order valence-corrected chi connectivity index (χ2v) is 5.84. The third-order valence-electron chi connectivity index (χ3n) is 2.92. The van der Waals surface area contributed by atoms with Gasteiger partial charge in [0.05, 0.1) is 0 Å². The molecule has 6 heteroatoms. The highest BCUT2D eigenvalue weighted by molar-refractivity contribution is 8.14. The number of aliphatic imine (C=N–C) groups is 1. The minimum atomic E-state index is -0.798. The molecule has 0 aliphatic carbocycles. The van der Waals surface area contributed by atoms with Gasteiger partial charge in [0.1, 0.15) is 22.1 Å². The molecule has 1 aromatic carbocycles. The number of amides is 1. The Morgan fingerprint density at radius 2 is 2.11 bits per heavy atom. The van der Waals surface area contributed by atoms with Gasteiger partial charge in [0.2, 0.25) is 0 Å². The zero-order valence-electron chi connectivity index (χ0n) is 11.0. The SMILES string of the molecule is CN(C)C(=O)[C@@]1(C)CSC(c2ccc(O)cc2O)=N1. The third kappa shape index (κ3) is 2.53. The number of hydrogen-bond donors (Lipinski definition) is 2. The largest absolute Gasteiger partial charge is 0.508 e. The zero-order valence-corrected chi connectivity index (χ0v) is 11.9. The van der Waals surface area contributed by atoms with Crippen LogP contribution in [-0.2, 0) is 4.79 Å². The number of phenolic OH excluding ortho intramolecular Hbond substituents is 2. The number of hydrogen-bond acceptors (Lipinski definition) is 5. The lowest BCUT2D eigenvalue weighted by molar-refractivity contribution is -0.132. The quantitative estimate of drug-likeness (QED) is 0.859. The molecule has 1 heterocycles. The van der Waals surface area contributed by atoms with Gasteiger partial charge >= 0.3 is 0 Å². The third-order valence-corrected chi connectivity index (χ3v) is 4.21. The van der Waals surface area contributed by atoms with E-state index in [1.807, 2.05) is 0 Å². The van der Waals surface area contributed by atoms with Crippen LogP contribution in [0.5, 0.6) is 11.5 Å². The highest BCUT2D eigenvalue weighted by Gasteiger charge is 2.39. The van der Waals surface area contributed by atoms with Crippen LogP contribution < -0.4 is 0 Å². The first kappa shape index (κ1) is 13.7. The van der Waals surface area contributed by atoms with E-state index >= 15 is 0 Å². The van der Waals surface area contributed by atoms with Crippen molar-refractivity contribution in [3.8, 4) is 11.5 Å². The molecule has 5 nitrogen and oxygen atoms in total. The van der Waals surface area contributed by atoms with Crippen molar-refractivity contribution in [1.82, 2.24) is 4.90 Å². The molecule has 102 valence electrons. The van der Waals surface area contributed by atoms with Gasteiger partial charge in [-0.1, -0.05) is 0 Å². The van der Waals surface area contributed by atoms with Crippen LogP contribution >= 0.6 is 11.8 Å². The summed E-state index contributed by atoms with van der Waals surface area (Å²) in [5.41, 5.74) is -0.258. The Kier molecular flexibility index (Phi) is 3.45. The predicted octanol–water partition coefficient (Wildman–Crippen LogP) is 1.44. The van der Waals surface area contributed by atoms with E-state index in [4.69, 9.17) is 0 Å². The van der Waals surface area contributed by atoms with Crippen molar-refractivity contribution in [1.29, 1.82) is 0 Å². The van der Waals surface area contributed by atoms with Crippen molar-refractivity contribution in [2.24, 2.45) is 4.99 Å². The lowest BCUT2D eigenvalue weighted by Crippen LogP contribution is -2.42. The monoisotopic (exact) mass is 280 g/mol. The van der Waals surface area contributed by atoms with Crippen molar-refractivity contribution in [2.45, 2.75) is 12.5 Å². The van der Waals surface area contributed by atoms with E-state index in [9.17, 15) is 15.0 Å². The van der Waals surface area contributed by atoms with Gasteiger partial charge in [-0.05, 0) is 19.1 Å². The summed E-state index contributed by atoms with van der Waals surface area (Å²) in [6, 6.07) is 4.35. The maximum atomic E-state index is 12.1. The molecular weight excluding hydrogens is 264 g/mol. The number of benzene rings is 1. The van der Waals surface area contributed by atoms with Crippen LogP contribution in [0.3, 0.4) is 0 Å². The van der Waals surface area contributed by atoms with Crippen LogP contribution in [0.1, 0.15) is 12.5 Å². The van der Waals surface area contributed by atoms with Crippen LogP contribution in [0, 0.1) is 0 Å². The van der Waals surface area contributed by atoms with E-state index in [2.05, 4.69) is 4.99 Å².